The highest BCUT2D eigenvalue weighted by Crippen LogP contribution is 2.72. The summed E-state index contributed by atoms with van der Waals surface area (Å²) in [6.07, 6.45) is 3.77. The Kier molecular flexibility index (Phi) is 4.51. The van der Waals surface area contributed by atoms with Crippen LogP contribution in [0.5, 0.6) is 5.75 Å². The molecule has 3 heterocycles. The number of hydrogen-bond acceptors (Lipinski definition) is 6. The van der Waals surface area contributed by atoms with Gasteiger partial charge in [-0.05, 0) is 91.9 Å². The Bertz CT molecular complexity index is 1110. The van der Waals surface area contributed by atoms with Gasteiger partial charge in [-0.25, -0.2) is 0 Å². The number of hydrogen-bond donors (Lipinski definition) is 0. The van der Waals surface area contributed by atoms with Gasteiger partial charge >= 0.3 is 0 Å². The van der Waals surface area contributed by atoms with Gasteiger partial charge in [0.1, 0.15) is 12.4 Å². The maximum atomic E-state index is 5.91. The molecule has 0 bridgehead atoms. The Morgan fingerprint density at radius 2 is 1.97 bits per heavy atom. The van der Waals surface area contributed by atoms with Gasteiger partial charge in [-0.2, -0.15) is 4.98 Å². The molecule has 31 heavy (non-hydrogen) atoms. The van der Waals surface area contributed by atoms with Crippen molar-refractivity contribution in [2.75, 3.05) is 26.2 Å². The minimum atomic E-state index is 0.453. The summed E-state index contributed by atoms with van der Waals surface area (Å²) < 4.78 is 11.6. The van der Waals surface area contributed by atoms with E-state index >= 15 is 0 Å². The third-order valence-electron chi connectivity index (χ3n) is 7.63. The van der Waals surface area contributed by atoms with E-state index in [1.165, 1.54) is 41.2 Å². The van der Waals surface area contributed by atoms with Crippen molar-refractivity contribution in [3.63, 3.8) is 0 Å². The Labute approximate surface area is 187 Å². The van der Waals surface area contributed by atoms with Gasteiger partial charge < -0.3 is 9.26 Å². The molecule has 1 aromatic carbocycles. The van der Waals surface area contributed by atoms with E-state index in [2.05, 4.69) is 30.8 Å². The van der Waals surface area contributed by atoms with Crippen molar-refractivity contribution in [1.82, 2.24) is 15.0 Å². The maximum absolute atomic E-state index is 5.91. The van der Waals surface area contributed by atoms with E-state index in [9.17, 15) is 0 Å². The molecule has 0 unspecified atom stereocenters. The molecule has 0 N–H and O–H groups in total. The van der Waals surface area contributed by atoms with Crippen molar-refractivity contribution >= 4 is 11.3 Å². The molecule has 0 spiro atoms. The molecule has 1 aliphatic heterocycles. The van der Waals surface area contributed by atoms with Gasteiger partial charge in [0, 0.05) is 17.0 Å². The number of thiophene rings is 1. The minimum absolute atomic E-state index is 0.453. The van der Waals surface area contributed by atoms with E-state index in [0.717, 1.165) is 36.8 Å². The Morgan fingerprint density at radius 1 is 1.19 bits per heavy atom. The van der Waals surface area contributed by atoms with Crippen LogP contribution in [0, 0.1) is 18.3 Å². The van der Waals surface area contributed by atoms with Crippen molar-refractivity contribution in [1.29, 1.82) is 0 Å². The van der Waals surface area contributed by atoms with Crippen molar-refractivity contribution in [2.45, 2.75) is 46.0 Å². The molecule has 2 atom stereocenters. The standard InChI is InChI=1S/C25H29N3O2S/c1-15-20-18(14-19-21(20)25(19,2)3)22(31-15)24-26-23(27-30-24)16-6-8-17(9-7-16)29-13-12-28-10-4-5-11-28/h6-9,19,21H,4-5,10-14H2,1-3H3/t19-,21-/m1/s1. The second-order valence-corrected chi connectivity index (χ2v) is 11.1. The molecular formula is C25H29N3O2S. The molecule has 0 radical (unpaired) electrons. The van der Waals surface area contributed by atoms with Crippen LogP contribution < -0.4 is 4.74 Å². The first-order valence-electron chi connectivity index (χ1n) is 11.4. The number of nitrogens with zero attached hydrogens (tertiary/aromatic N) is 3. The van der Waals surface area contributed by atoms with Crippen molar-refractivity contribution in [3.05, 3.63) is 40.3 Å². The molecule has 6 heteroatoms. The van der Waals surface area contributed by atoms with Crippen LogP contribution in [-0.2, 0) is 6.42 Å². The molecule has 1 saturated carbocycles. The van der Waals surface area contributed by atoms with E-state index < -0.39 is 0 Å². The summed E-state index contributed by atoms with van der Waals surface area (Å²) in [6.45, 7) is 11.2. The van der Waals surface area contributed by atoms with E-state index in [0.29, 0.717) is 23.0 Å². The van der Waals surface area contributed by atoms with Crippen LogP contribution in [0.4, 0.5) is 0 Å². The van der Waals surface area contributed by atoms with Gasteiger partial charge in [-0.3, -0.25) is 4.90 Å². The zero-order valence-electron chi connectivity index (χ0n) is 18.5. The lowest BCUT2D eigenvalue weighted by Gasteiger charge is -2.14. The SMILES string of the molecule is Cc1sc(-c2nc(-c3ccc(OCCN4CCCC4)cc3)no2)c2c1[C@H]1[C@@H](C2)C1(C)C. The quantitative estimate of drug-likeness (QED) is 0.508. The molecule has 3 aromatic rings. The predicted octanol–water partition coefficient (Wildman–Crippen LogP) is 5.54. The molecule has 162 valence electrons. The molecule has 1 saturated heterocycles. The van der Waals surface area contributed by atoms with Crippen LogP contribution in [0.3, 0.4) is 0 Å². The lowest BCUT2D eigenvalue weighted by molar-refractivity contribution is 0.238. The lowest BCUT2D eigenvalue weighted by Crippen LogP contribution is -2.25. The molecule has 5 nitrogen and oxygen atoms in total. The molecule has 2 aromatic heterocycles. The summed E-state index contributed by atoms with van der Waals surface area (Å²) in [6, 6.07) is 8.03. The fraction of sp³-hybridized carbons (Fsp3) is 0.520. The number of aromatic nitrogens is 2. The Morgan fingerprint density at radius 3 is 2.74 bits per heavy atom. The van der Waals surface area contributed by atoms with Crippen molar-refractivity contribution in [3.8, 4) is 27.9 Å². The summed E-state index contributed by atoms with van der Waals surface area (Å²) in [5.41, 5.74) is 4.42. The zero-order valence-corrected chi connectivity index (χ0v) is 19.3. The second-order valence-electron chi connectivity index (χ2n) is 9.83. The second kappa shape index (κ2) is 7.17. The van der Waals surface area contributed by atoms with Crippen LogP contribution in [0.25, 0.3) is 22.2 Å². The average molecular weight is 436 g/mol. The summed E-state index contributed by atoms with van der Waals surface area (Å²) in [4.78, 5) is 9.80. The van der Waals surface area contributed by atoms with E-state index in [1.807, 2.05) is 35.6 Å². The highest BCUT2D eigenvalue weighted by molar-refractivity contribution is 7.15. The van der Waals surface area contributed by atoms with E-state index in [4.69, 9.17) is 14.2 Å². The summed E-state index contributed by atoms with van der Waals surface area (Å²) in [7, 11) is 0. The van der Waals surface area contributed by atoms with Gasteiger partial charge in [-0.15, -0.1) is 11.3 Å². The van der Waals surface area contributed by atoms with Crippen LogP contribution in [0.1, 0.15) is 48.6 Å². The minimum Gasteiger partial charge on any atom is -0.492 e. The molecule has 2 fully saturated rings. The van der Waals surface area contributed by atoms with Gasteiger partial charge in [0.25, 0.3) is 5.89 Å². The summed E-state index contributed by atoms with van der Waals surface area (Å²) in [5, 5.41) is 4.27. The highest BCUT2D eigenvalue weighted by atomic mass is 32.1. The predicted molar refractivity (Wildman–Crippen MR) is 123 cm³/mol. The molecule has 6 rings (SSSR count). The number of aryl methyl sites for hydroxylation is 1. The van der Waals surface area contributed by atoms with Gasteiger partial charge in [0.15, 0.2) is 0 Å². The summed E-state index contributed by atoms with van der Waals surface area (Å²) >= 11 is 1.81. The lowest BCUT2D eigenvalue weighted by atomic mass is 9.95. The monoisotopic (exact) mass is 435 g/mol. The normalized spacial score (nSPS) is 23.7. The first-order valence-corrected chi connectivity index (χ1v) is 12.3. The summed E-state index contributed by atoms with van der Waals surface area (Å²) in [5.74, 6) is 3.69. The van der Waals surface area contributed by atoms with Crippen LogP contribution in [0.2, 0.25) is 0 Å². The average Bonchev–Trinajstić information content (AvgIpc) is 3.40. The Hall–Kier alpha value is -2.18. The number of likely N-dealkylation sites (tertiary alicyclic amines) is 1. The van der Waals surface area contributed by atoms with Crippen LogP contribution in [0.15, 0.2) is 28.8 Å². The van der Waals surface area contributed by atoms with Crippen molar-refractivity contribution in [2.24, 2.45) is 11.3 Å². The van der Waals surface area contributed by atoms with Gasteiger partial charge in [0.05, 0.1) is 4.88 Å². The Balaban J connectivity index is 1.16. The third-order valence-corrected chi connectivity index (χ3v) is 8.78. The largest absolute Gasteiger partial charge is 0.492 e. The number of fused-ring (bicyclic) bond motifs is 3. The zero-order chi connectivity index (χ0) is 21.2. The van der Waals surface area contributed by atoms with Gasteiger partial charge in [0.2, 0.25) is 5.82 Å². The van der Waals surface area contributed by atoms with Crippen LogP contribution >= 0.6 is 11.3 Å². The third kappa shape index (κ3) is 3.23. The molecular weight excluding hydrogens is 406 g/mol. The highest BCUT2D eigenvalue weighted by Gasteiger charge is 2.63. The smallest absolute Gasteiger partial charge is 0.268 e. The first-order chi connectivity index (χ1) is 15.0. The molecule has 0 amide bonds. The van der Waals surface area contributed by atoms with Crippen molar-refractivity contribution < 1.29 is 9.26 Å². The van der Waals surface area contributed by atoms with Gasteiger partial charge in [-0.1, -0.05) is 19.0 Å². The number of rotatable bonds is 6. The maximum Gasteiger partial charge on any atom is 0.268 e. The molecule has 2 aliphatic carbocycles. The number of benzene rings is 1. The fourth-order valence-corrected chi connectivity index (χ4v) is 6.89. The molecule has 3 aliphatic rings. The van der Waals surface area contributed by atoms with Crippen LogP contribution in [-0.4, -0.2) is 41.3 Å². The topological polar surface area (TPSA) is 51.4 Å². The number of ether oxygens (including phenoxy) is 1. The fourth-order valence-electron chi connectivity index (χ4n) is 5.74. The van der Waals surface area contributed by atoms with E-state index in [-0.39, 0.29) is 0 Å². The first kappa shape index (κ1) is 19.5. The van der Waals surface area contributed by atoms with E-state index in [1.54, 1.807) is 5.56 Å².